The average Bonchev–Trinajstić information content (AvgIpc) is 2.44. The summed E-state index contributed by atoms with van der Waals surface area (Å²) in [5.41, 5.74) is 12.9. The van der Waals surface area contributed by atoms with Crippen molar-refractivity contribution < 1.29 is 0 Å². The van der Waals surface area contributed by atoms with Crippen LogP contribution in [0.1, 0.15) is 5.56 Å². The lowest BCUT2D eigenvalue weighted by Gasteiger charge is -2.06. The summed E-state index contributed by atoms with van der Waals surface area (Å²) in [5, 5.41) is 1.91. The molecule has 0 amide bonds. The van der Waals surface area contributed by atoms with Crippen molar-refractivity contribution in [3.8, 4) is 0 Å². The molecule has 1 aromatic carbocycles. The predicted molar refractivity (Wildman–Crippen MR) is 92.2 cm³/mol. The Bertz CT molecular complexity index is 836. The van der Waals surface area contributed by atoms with Gasteiger partial charge in [-0.05, 0) is 29.8 Å². The van der Waals surface area contributed by atoms with Crippen LogP contribution in [0.3, 0.4) is 0 Å². The average molecular weight is 352 g/mol. The van der Waals surface area contributed by atoms with Crippen molar-refractivity contribution in [2.45, 2.75) is 10.6 Å². The molecule has 3 rings (SSSR count). The quantitative estimate of drug-likeness (QED) is 0.697. The number of rotatable bonds is 3. The van der Waals surface area contributed by atoms with Crippen LogP contribution < -0.4 is 11.5 Å². The first-order chi connectivity index (χ1) is 10.5. The minimum Gasteiger partial charge on any atom is -0.383 e. The van der Waals surface area contributed by atoms with Crippen LogP contribution >= 0.6 is 35.0 Å². The molecule has 0 atom stereocenters. The van der Waals surface area contributed by atoms with Gasteiger partial charge in [0.15, 0.2) is 5.65 Å². The zero-order chi connectivity index (χ0) is 15.7. The molecule has 5 nitrogen and oxygen atoms in total. The fourth-order valence-electron chi connectivity index (χ4n) is 1.95. The van der Waals surface area contributed by atoms with E-state index in [0.717, 1.165) is 10.5 Å². The first-order valence-corrected chi connectivity index (χ1v) is 8.02. The SMILES string of the molecule is Nc1nc(N)c2cc(CSc3cc(Cl)cc(Cl)c3)cnc2n1. The number of hydrogen-bond donors (Lipinski definition) is 2. The summed E-state index contributed by atoms with van der Waals surface area (Å²) in [6.07, 6.45) is 1.74. The van der Waals surface area contributed by atoms with E-state index < -0.39 is 0 Å². The summed E-state index contributed by atoms with van der Waals surface area (Å²) in [7, 11) is 0. The van der Waals surface area contributed by atoms with E-state index >= 15 is 0 Å². The van der Waals surface area contributed by atoms with Crippen molar-refractivity contribution in [3.05, 3.63) is 46.1 Å². The van der Waals surface area contributed by atoms with Gasteiger partial charge in [0.25, 0.3) is 0 Å². The van der Waals surface area contributed by atoms with Crippen LogP contribution in [0.25, 0.3) is 11.0 Å². The van der Waals surface area contributed by atoms with Gasteiger partial charge in [-0.15, -0.1) is 11.8 Å². The van der Waals surface area contributed by atoms with Gasteiger partial charge in [0.05, 0.1) is 5.39 Å². The Hall–Kier alpha value is -1.76. The third-order valence-corrected chi connectivity index (χ3v) is 4.38. The van der Waals surface area contributed by atoms with Crippen LogP contribution in [0.2, 0.25) is 10.0 Å². The highest BCUT2D eigenvalue weighted by atomic mass is 35.5. The second kappa shape index (κ2) is 6.16. The zero-order valence-electron chi connectivity index (χ0n) is 11.3. The summed E-state index contributed by atoms with van der Waals surface area (Å²) in [4.78, 5) is 13.3. The fourth-order valence-corrected chi connectivity index (χ4v) is 3.52. The van der Waals surface area contributed by atoms with Gasteiger partial charge in [0.2, 0.25) is 5.95 Å². The van der Waals surface area contributed by atoms with Crippen molar-refractivity contribution in [2.75, 3.05) is 11.5 Å². The monoisotopic (exact) mass is 351 g/mol. The highest BCUT2D eigenvalue weighted by molar-refractivity contribution is 7.98. The number of nitrogens with two attached hydrogens (primary N) is 2. The Balaban J connectivity index is 1.85. The zero-order valence-corrected chi connectivity index (χ0v) is 13.6. The number of halogens is 2. The van der Waals surface area contributed by atoms with Crippen molar-refractivity contribution >= 4 is 57.8 Å². The lowest BCUT2D eigenvalue weighted by atomic mass is 10.2. The lowest BCUT2D eigenvalue weighted by Crippen LogP contribution is -2.02. The summed E-state index contributed by atoms with van der Waals surface area (Å²) in [5.74, 6) is 1.14. The molecule has 3 aromatic rings. The number of hydrogen-bond acceptors (Lipinski definition) is 6. The van der Waals surface area contributed by atoms with E-state index in [9.17, 15) is 0 Å². The molecule has 8 heteroatoms. The van der Waals surface area contributed by atoms with Crippen LogP contribution in [-0.4, -0.2) is 15.0 Å². The summed E-state index contributed by atoms with van der Waals surface area (Å²) >= 11 is 13.6. The Labute approximate surface area is 141 Å². The molecule has 0 fully saturated rings. The number of pyridine rings is 1. The molecule has 0 spiro atoms. The Morgan fingerprint density at radius 1 is 1.00 bits per heavy atom. The third-order valence-electron chi connectivity index (χ3n) is 2.90. The molecule has 22 heavy (non-hydrogen) atoms. The minimum atomic E-state index is 0.119. The molecule has 2 heterocycles. The molecular weight excluding hydrogens is 341 g/mol. The Morgan fingerprint density at radius 2 is 1.73 bits per heavy atom. The molecule has 0 aliphatic heterocycles. The number of thioether (sulfide) groups is 1. The predicted octanol–water partition coefficient (Wildman–Crippen LogP) is 3.79. The van der Waals surface area contributed by atoms with Gasteiger partial charge >= 0.3 is 0 Å². The van der Waals surface area contributed by atoms with Crippen molar-refractivity contribution in [1.82, 2.24) is 15.0 Å². The van der Waals surface area contributed by atoms with Gasteiger partial charge < -0.3 is 11.5 Å². The van der Waals surface area contributed by atoms with Crippen LogP contribution in [0, 0.1) is 0 Å². The normalized spacial score (nSPS) is 11.0. The molecule has 0 saturated heterocycles. The highest BCUT2D eigenvalue weighted by Gasteiger charge is 2.07. The number of fused-ring (bicyclic) bond motifs is 1. The van der Waals surface area contributed by atoms with Crippen LogP contribution in [-0.2, 0) is 5.75 Å². The number of benzene rings is 1. The van der Waals surface area contributed by atoms with Gasteiger partial charge in [-0.25, -0.2) is 4.98 Å². The van der Waals surface area contributed by atoms with Crippen molar-refractivity contribution in [1.29, 1.82) is 0 Å². The fraction of sp³-hybridized carbons (Fsp3) is 0.0714. The molecular formula is C14H11Cl2N5S. The highest BCUT2D eigenvalue weighted by Crippen LogP contribution is 2.29. The largest absolute Gasteiger partial charge is 0.383 e. The molecule has 0 unspecified atom stereocenters. The minimum absolute atomic E-state index is 0.119. The van der Waals surface area contributed by atoms with E-state index in [1.54, 1.807) is 24.0 Å². The molecule has 0 saturated carbocycles. The van der Waals surface area contributed by atoms with Crippen LogP contribution in [0.5, 0.6) is 0 Å². The molecule has 0 aliphatic rings. The maximum Gasteiger partial charge on any atom is 0.224 e. The van der Waals surface area contributed by atoms with E-state index in [1.165, 1.54) is 0 Å². The topological polar surface area (TPSA) is 90.7 Å². The Kier molecular flexibility index (Phi) is 4.24. The van der Waals surface area contributed by atoms with Gasteiger partial charge in [0.1, 0.15) is 5.82 Å². The van der Waals surface area contributed by atoms with Crippen molar-refractivity contribution in [2.24, 2.45) is 0 Å². The molecule has 0 aliphatic carbocycles. The number of anilines is 2. The number of nitrogen functional groups attached to an aromatic ring is 2. The smallest absolute Gasteiger partial charge is 0.224 e. The number of aromatic nitrogens is 3. The van der Waals surface area contributed by atoms with Crippen LogP contribution in [0.15, 0.2) is 35.4 Å². The third kappa shape index (κ3) is 3.35. The van der Waals surface area contributed by atoms with Gasteiger partial charge in [-0.3, -0.25) is 0 Å². The summed E-state index contributed by atoms with van der Waals surface area (Å²) in [6.45, 7) is 0. The maximum absolute atomic E-state index is 5.99. The lowest BCUT2D eigenvalue weighted by molar-refractivity contribution is 1.19. The van der Waals surface area contributed by atoms with Gasteiger partial charge in [-0.2, -0.15) is 9.97 Å². The molecule has 0 radical (unpaired) electrons. The van der Waals surface area contributed by atoms with Gasteiger partial charge in [0, 0.05) is 26.9 Å². The second-order valence-corrected chi connectivity index (χ2v) is 6.50. The van der Waals surface area contributed by atoms with Gasteiger partial charge in [-0.1, -0.05) is 23.2 Å². The molecule has 112 valence electrons. The molecule has 2 aromatic heterocycles. The summed E-state index contributed by atoms with van der Waals surface area (Å²) in [6, 6.07) is 7.35. The van der Waals surface area contributed by atoms with E-state index in [4.69, 9.17) is 34.7 Å². The molecule has 4 N–H and O–H groups in total. The Morgan fingerprint density at radius 3 is 2.45 bits per heavy atom. The van der Waals surface area contributed by atoms with E-state index in [2.05, 4.69) is 15.0 Å². The van der Waals surface area contributed by atoms with E-state index in [1.807, 2.05) is 18.2 Å². The number of nitrogens with zero attached hydrogens (tertiary/aromatic N) is 3. The summed E-state index contributed by atoms with van der Waals surface area (Å²) < 4.78 is 0. The van der Waals surface area contributed by atoms with Crippen molar-refractivity contribution in [3.63, 3.8) is 0 Å². The molecule has 0 bridgehead atoms. The first-order valence-electron chi connectivity index (χ1n) is 6.28. The first kappa shape index (κ1) is 15.1. The standard InChI is InChI=1S/C14H11Cl2N5S/c15-8-2-9(16)4-10(3-8)22-6-7-1-11-12(17)20-14(18)21-13(11)19-5-7/h1-5H,6H2,(H4,17,18,19,20,21). The van der Waals surface area contributed by atoms with Crippen LogP contribution in [0.4, 0.5) is 11.8 Å². The second-order valence-electron chi connectivity index (χ2n) is 4.58. The van der Waals surface area contributed by atoms with E-state index in [-0.39, 0.29) is 5.95 Å². The van der Waals surface area contributed by atoms with E-state index in [0.29, 0.717) is 32.6 Å². The maximum atomic E-state index is 5.99.